The second-order valence-corrected chi connectivity index (χ2v) is 12.9. The topological polar surface area (TPSA) is 12.5 Å². The lowest BCUT2D eigenvalue weighted by molar-refractivity contribution is 0.494. The summed E-state index contributed by atoms with van der Waals surface area (Å²) in [6, 6.07) is 67.4. The number of ether oxygens (including phenoxy) is 1. The minimum Gasteiger partial charge on any atom is -0.453 e. The SMILES string of the molecule is c1ccc(-c2ccc(N(c3cccc4c3Oc3c(ccc5ccccc35)-c3ccccc3-4)c3cc4ccccc4c4ccccc34)cc2)cc1. The number of rotatable bonds is 4. The van der Waals surface area contributed by atoms with Crippen molar-refractivity contribution >= 4 is 49.4 Å². The first-order chi connectivity index (χ1) is 24.8. The summed E-state index contributed by atoms with van der Waals surface area (Å²) in [5.41, 5.74) is 9.98. The molecule has 0 saturated carbocycles. The summed E-state index contributed by atoms with van der Waals surface area (Å²) in [5, 5.41) is 7.07. The summed E-state index contributed by atoms with van der Waals surface area (Å²) < 4.78 is 7.30. The van der Waals surface area contributed by atoms with Crippen LogP contribution in [0.25, 0.3) is 65.7 Å². The average molecular weight is 638 g/mol. The Morgan fingerprint density at radius 3 is 1.68 bits per heavy atom. The van der Waals surface area contributed by atoms with Crippen LogP contribution in [0.5, 0.6) is 11.5 Å². The Labute approximate surface area is 291 Å². The predicted molar refractivity (Wildman–Crippen MR) is 210 cm³/mol. The van der Waals surface area contributed by atoms with Gasteiger partial charge in [0.15, 0.2) is 5.75 Å². The van der Waals surface area contributed by atoms with Gasteiger partial charge in [-0.1, -0.05) is 158 Å². The number of benzene rings is 9. The highest BCUT2D eigenvalue weighted by atomic mass is 16.5. The van der Waals surface area contributed by atoms with Crippen molar-refractivity contribution in [3.63, 3.8) is 0 Å². The number of hydrogen-bond acceptors (Lipinski definition) is 2. The fourth-order valence-corrected chi connectivity index (χ4v) is 7.70. The van der Waals surface area contributed by atoms with Crippen LogP contribution in [0.2, 0.25) is 0 Å². The molecule has 2 heteroatoms. The highest BCUT2D eigenvalue weighted by molar-refractivity contribution is 6.15. The molecular formula is C48H31NO. The van der Waals surface area contributed by atoms with Crippen molar-refractivity contribution < 1.29 is 4.74 Å². The summed E-state index contributed by atoms with van der Waals surface area (Å²) >= 11 is 0. The molecule has 0 aliphatic carbocycles. The minimum atomic E-state index is 0.833. The van der Waals surface area contributed by atoms with E-state index < -0.39 is 0 Å². The van der Waals surface area contributed by atoms with Gasteiger partial charge in [0.2, 0.25) is 0 Å². The van der Waals surface area contributed by atoms with Crippen molar-refractivity contribution in [2.24, 2.45) is 0 Å². The van der Waals surface area contributed by atoms with E-state index in [0.29, 0.717) is 0 Å². The van der Waals surface area contributed by atoms with Gasteiger partial charge in [-0.05, 0) is 74.1 Å². The van der Waals surface area contributed by atoms with Crippen molar-refractivity contribution in [3.8, 4) is 44.9 Å². The Balaban J connectivity index is 1.28. The molecular weight excluding hydrogens is 607 g/mol. The highest BCUT2D eigenvalue weighted by Crippen LogP contribution is 2.54. The smallest absolute Gasteiger partial charge is 0.159 e. The normalized spacial score (nSPS) is 11.8. The first kappa shape index (κ1) is 28.4. The lowest BCUT2D eigenvalue weighted by Crippen LogP contribution is -2.12. The summed E-state index contributed by atoms with van der Waals surface area (Å²) in [7, 11) is 0. The molecule has 1 aliphatic heterocycles. The second-order valence-electron chi connectivity index (χ2n) is 12.9. The lowest BCUT2D eigenvalue weighted by atomic mass is 9.93. The molecule has 1 heterocycles. The first-order valence-electron chi connectivity index (χ1n) is 17.1. The van der Waals surface area contributed by atoms with Crippen LogP contribution < -0.4 is 9.64 Å². The van der Waals surface area contributed by atoms with E-state index in [9.17, 15) is 0 Å². The molecule has 0 bridgehead atoms. The monoisotopic (exact) mass is 637 g/mol. The summed E-state index contributed by atoms with van der Waals surface area (Å²) in [4.78, 5) is 2.39. The number of para-hydroxylation sites is 1. The van der Waals surface area contributed by atoms with Gasteiger partial charge in [0.25, 0.3) is 0 Å². The molecule has 0 amide bonds. The molecule has 0 atom stereocenters. The minimum absolute atomic E-state index is 0.833. The van der Waals surface area contributed by atoms with Crippen molar-refractivity contribution in [2.45, 2.75) is 0 Å². The standard InChI is InChI=1S/C48H31NO/c1-2-13-32(14-3-1)33-25-28-36(29-26-33)49(46-31-35-16-5-6-17-37(35)39-19-10-11-22-42(39)46)45-24-12-23-43-40-20-8-9-21-41(40)44-30-27-34-15-4-7-18-38(34)47(44)50-48(43)45/h1-31H. The predicted octanol–water partition coefficient (Wildman–Crippen LogP) is 13.7. The van der Waals surface area contributed by atoms with Gasteiger partial charge in [-0.2, -0.15) is 0 Å². The largest absolute Gasteiger partial charge is 0.453 e. The van der Waals surface area contributed by atoms with Crippen LogP contribution in [0.3, 0.4) is 0 Å². The highest BCUT2D eigenvalue weighted by Gasteiger charge is 2.28. The molecule has 0 radical (unpaired) electrons. The van der Waals surface area contributed by atoms with E-state index in [0.717, 1.165) is 56.0 Å². The van der Waals surface area contributed by atoms with Crippen molar-refractivity contribution in [2.75, 3.05) is 4.90 Å². The average Bonchev–Trinajstić information content (AvgIpc) is 3.34. The number of anilines is 3. The quantitative estimate of drug-likeness (QED) is 0.178. The second kappa shape index (κ2) is 11.5. The molecule has 0 fully saturated rings. The molecule has 2 nitrogen and oxygen atoms in total. The van der Waals surface area contributed by atoms with E-state index >= 15 is 0 Å². The van der Waals surface area contributed by atoms with Gasteiger partial charge in [0.1, 0.15) is 5.75 Å². The molecule has 9 aromatic carbocycles. The third-order valence-corrected chi connectivity index (χ3v) is 10.0. The Bertz CT molecular complexity index is 2730. The van der Waals surface area contributed by atoms with Crippen LogP contribution in [-0.2, 0) is 0 Å². The molecule has 0 unspecified atom stereocenters. The van der Waals surface area contributed by atoms with Gasteiger partial charge in [-0.25, -0.2) is 0 Å². The first-order valence-corrected chi connectivity index (χ1v) is 17.1. The van der Waals surface area contributed by atoms with Crippen LogP contribution in [0.15, 0.2) is 188 Å². The molecule has 10 rings (SSSR count). The lowest BCUT2D eigenvalue weighted by Gasteiger charge is -2.30. The van der Waals surface area contributed by atoms with E-state index in [1.165, 1.54) is 38.2 Å². The van der Waals surface area contributed by atoms with E-state index in [4.69, 9.17) is 4.74 Å². The van der Waals surface area contributed by atoms with Crippen molar-refractivity contribution in [1.82, 2.24) is 0 Å². The van der Waals surface area contributed by atoms with Crippen LogP contribution in [0, 0.1) is 0 Å². The van der Waals surface area contributed by atoms with E-state index in [-0.39, 0.29) is 0 Å². The number of nitrogens with zero attached hydrogens (tertiary/aromatic N) is 1. The van der Waals surface area contributed by atoms with E-state index in [1.54, 1.807) is 0 Å². The maximum atomic E-state index is 7.30. The van der Waals surface area contributed by atoms with E-state index in [1.807, 2.05) is 0 Å². The maximum absolute atomic E-state index is 7.30. The number of fused-ring (bicyclic) bond motifs is 10. The molecule has 0 spiro atoms. The van der Waals surface area contributed by atoms with E-state index in [2.05, 4.69) is 193 Å². The van der Waals surface area contributed by atoms with Crippen molar-refractivity contribution in [3.05, 3.63) is 188 Å². The van der Waals surface area contributed by atoms with Crippen LogP contribution >= 0.6 is 0 Å². The third kappa shape index (κ3) is 4.50. The Morgan fingerprint density at radius 2 is 0.900 bits per heavy atom. The molecule has 0 aromatic heterocycles. The van der Waals surface area contributed by atoms with Crippen LogP contribution in [-0.4, -0.2) is 0 Å². The zero-order valence-electron chi connectivity index (χ0n) is 27.3. The molecule has 0 N–H and O–H groups in total. The summed E-state index contributed by atoms with van der Waals surface area (Å²) in [6.45, 7) is 0. The van der Waals surface area contributed by atoms with Gasteiger partial charge in [-0.3, -0.25) is 0 Å². The Hall–Kier alpha value is -6.64. The molecule has 234 valence electrons. The van der Waals surface area contributed by atoms with Gasteiger partial charge >= 0.3 is 0 Å². The maximum Gasteiger partial charge on any atom is 0.159 e. The fraction of sp³-hybridized carbons (Fsp3) is 0. The zero-order chi connectivity index (χ0) is 33.0. The molecule has 50 heavy (non-hydrogen) atoms. The van der Waals surface area contributed by atoms with Gasteiger partial charge in [-0.15, -0.1) is 0 Å². The Morgan fingerprint density at radius 1 is 0.320 bits per heavy atom. The summed E-state index contributed by atoms with van der Waals surface area (Å²) in [5.74, 6) is 1.71. The van der Waals surface area contributed by atoms with Crippen LogP contribution in [0.1, 0.15) is 0 Å². The number of hydrogen-bond donors (Lipinski definition) is 0. The van der Waals surface area contributed by atoms with Crippen molar-refractivity contribution in [1.29, 1.82) is 0 Å². The van der Waals surface area contributed by atoms with Gasteiger partial charge in [0, 0.05) is 27.6 Å². The van der Waals surface area contributed by atoms with Gasteiger partial charge in [0.05, 0.1) is 11.4 Å². The molecule has 1 aliphatic rings. The summed E-state index contributed by atoms with van der Waals surface area (Å²) in [6.07, 6.45) is 0. The van der Waals surface area contributed by atoms with Crippen LogP contribution in [0.4, 0.5) is 17.1 Å². The zero-order valence-corrected chi connectivity index (χ0v) is 27.3. The van der Waals surface area contributed by atoms with Gasteiger partial charge < -0.3 is 9.64 Å². The Kier molecular flexibility index (Phi) is 6.53. The molecule has 9 aromatic rings. The fourth-order valence-electron chi connectivity index (χ4n) is 7.70. The molecule has 0 saturated heterocycles. The third-order valence-electron chi connectivity index (χ3n) is 10.0.